The van der Waals surface area contributed by atoms with Crippen molar-refractivity contribution >= 4 is 17.8 Å². The first-order valence-electron chi connectivity index (χ1n) is 10.9. The normalized spacial score (nSPS) is 20.5. The fourth-order valence-corrected chi connectivity index (χ4v) is 4.00. The Labute approximate surface area is 176 Å². The molecule has 160 valence electrons. The highest BCUT2D eigenvalue weighted by Crippen LogP contribution is 2.23. The first-order chi connectivity index (χ1) is 14.9. The van der Waals surface area contributed by atoms with Gasteiger partial charge in [-0.15, -0.1) is 0 Å². The topological polar surface area (TPSA) is 92.6 Å². The Morgan fingerprint density at radius 1 is 0.600 bits per heavy atom. The largest absolute Gasteiger partial charge is 0.378 e. The quantitative estimate of drug-likeness (QED) is 0.724. The molecule has 0 aliphatic carbocycles. The van der Waals surface area contributed by atoms with E-state index in [0.29, 0.717) is 44.1 Å². The zero-order chi connectivity index (χ0) is 20.2. The number of nitrogens with zero attached hydrogens (tertiary/aromatic N) is 8. The predicted molar refractivity (Wildman–Crippen MR) is 113 cm³/mol. The highest BCUT2D eigenvalue weighted by Gasteiger charge is 2.22. The Morgan fingerprint density at radius 3 is 1.77 bits per heavy atom. The van der Waals surface area contributed by atoms with Gasteiger partial charge in [0.15, 0.2) is 5.82 Å². The second kappa shape index (κ2) is 9.05. The minimum absolute atomic E-state index is 0.591. The molecule has 30 heavy (non-hydrogen) atoms. The summed E-state index contributed by atoms with van der Waals surface area (Å²) < 4.78 is 11.0. The van der Waals surface area contributed by atoms with Crippen molar-refractivity contribution in [2.24, 2.45) is 0 Å². The van der Waals surface area contributed by atoms with E-state index >= 15 is 0 Å². The number of anilines is 3. The molecule has 0 aromatic carbocycles. The molecule has 3 saturated heterocycles. The summed E-state index contributed by atoms with van der Waals surface area (Å²) in [6, 6.07) is 1.88. The molecule has 3 aliphatic rings. The van der Waals surface area contributed by atoms with Crippen molar-refractivity contribution in [1.82, 2.24) is 24.9 Å². The van der Waals surface area contributed by atoms with Crippen molar-refractivity contribution in [3.63, 3.8) is 0 Å². The molecule has 0 N–H and O–H groups in total. The molecule has 3 fully saturated rings. The Morgan fingerprint density at radius 2 is 1.17 bits per heavy atom. The highest BCUT2D eigenvalue weighted by molar-refractivity contribution is 5.56. The summed E-state index contributed by atoms with van der Waals surface area (Å²) in [5.74, 6) is 2.72. The third-order valence-corrected chi connectivity index (χ3v) is 5.71. The summed E-state index contributed by atoms with van der Waals surface area (Å²) in [6.45, 7) is 7.81. The number of piperidine rings is 1. The lowest BCUT2D eigenvalue weighted by Gasteiger charge is -2.30. The van der Waals surface area contributed by atoms with Gasteiger partial charge in [0, 0.05) is 45.5 Å². The number of hydrogen-bond donors (Lipinski definition) is 0. The van der Waals surface area contributed by atoms with Crippen LogP contribution in [-0.2, 0) is 9.47 Å². The van der Waals surface area contributed by atoms with E-state index in [4.69, 9.17) is 29.4 Å². The van der Waals surface area contributed by atoms with E-state index in [-0.39, 0.29) is 0 Å². The maximum absolute atomic E-state index is 5.50. The van der Waals surface area contributed by atoms with E-state index in [1.165, 1.54) is 19.3 Å². The van der Waals surface area contributed by atoms with Crippen LogP contribution in [-0.4, -0.2) is 90.6 Å². The minimum atomic E-state index is 0.591. The lowest BCUT2D eigenvalue weighted by Crippen LogP contribution is -2.40. The van der Waals surface area contributed by atoms with Crippen molar-refractivity contribution in [2.45, 2.75) is 19.3 Å². The zero-order valence-electron chi connectivity index (χ0n) is 17.2. The van der Waals surface area contributed by atoms with Gasteiger partial charge in [-0.3, -0.25) is 0 Å². The van der Waals surface area contributed by atoms with Crippen LogP contribution in [0.5, 0.6) is 0 Å². The van der Waals surface area contributed by atoms with Crippen molar-refractivity contribution < 1.29 is 9.47 Å². The van der Waals surface area contributed by atoms with Gasteiger partial charge in [-0.05, 0) is 25.3 Å². The zero-order valence-corrected chi connectivity index (χ0v) is 17.2. The molecule has 0 radical (unpaired) electrons. The van der Waals surface area contributed by atoms with E-state index < -0.39 is 0 Å². The molecule has 2 aromatic heterocycles. The molecule has 0 saturated carbocycles. The monoisotopic (exact) mass is 412 g/mol. The van der Waals surface area contributed by atoms with Crippen molar-refractivity contribution in [1.29, 1.82) is 0 Å². The second-order valence-electron chi connectivity index (χ2n) is 7.75. The summed E-state index contributed by atoms with van der Waals surface area (Å²) >= 11 is 0. The van der Waals surface area contributed by atoms with Gasteiger partial charge >= 0.3 is 0 Å². The van der Waals surface area contributed by atoms with Gasteiger partial charge < -0.3 is 24.2 Å². The van der Waals surface area contributed by atoms with Gasteiger partial charge in [0.1, 0.15) is 5.69 Å². The van der Waals surface area contributed by atoms with Crippen LogP contribution in [0.15, 0.2) is 12.3 Å². The molecule has 10 nitrogen and oxygen atoms in total. The van der Waals surface area contributed by atoms with Crippen molar-refractivity contribution in [3.8, 4) is 11.5 Å². The maximum atomic E-state index is 5.50. The molecule has 2 aromatic rings. The van der Waals surface area contributed by atoms with E-state index in [1.54, 1.807) is 6.20 Å². The van der Waals surface area contributed by atoms with Crippen LogP contribution >= 0.6 is 0 Å². The number of hydrogen-bond acceptors (Lipinski definition) is 10. The highest BCUT2D eigenvalue weighted by atomic mass is 16.5. The third kappa shape index (κ3) is 4.29. The first-order valence-corrected chi connectivity index (χ1v) is 10.9. The number of aromatic nitrogens is 5. The number of ether oxygens (including phenoxy) is 2. The predicted octanol–water partition coefficient (Wildman–Crippen LogP) is 0.992. The molecule has 0 amide bonds. The Hall–Kier alpha value is -2.59. The third-order valence-electron chi connectivity index (χ3n) is 5.71. The van der Waals surface area contributed by atoms with Gasteiger partial charge in [-0.25, -0.2) is 9.97 Å². The summed E-state index contributed by atoms with van der Waals surface area (Å²) in [5, 5.41) is 0. The van der Waals surface area contributed by atoms with Crippen LogP contribution in [0, 0.1) is 0 Å². The summed E-state index contributed by atoms with van der Waals surface area (Å²) in [4.78, 5) is 30.2. The van der Waals surface area contributed by atoms with Gasteiger partial charge in [0.25, 0.3) is 0 Å². The van der Waals surface area contributed by atoms with Crippen LogP contribution in [0.25, 0.3) is 11.5 Å². The fourth-order valence-electron chi connectivity index (χ4n) is 4.00. The maximum Gasteiger partial charge on any atom is 0.230 e. The van der Waals surface area contributed by atoms with Crippen LogP contribution in [0.2, 0.25) is 0 Å². The lowest BCUT2D eigenvalue weighted by atomic mass is 10.1. The molecule has 0 unspecified atom stereocenters. The minimum Gasteiger partial charge on any atom is -0.378 e. The van der Waals surface area contributed by atoms with Crippen LogP contribution in [0.3, 0.4) is 0 Å². The first kappa shape index (κ1) is 19.4. The second-order valence-corrected chi connectivity index (χ2v) is 7.75. The van der Waals surface area contributed by atoms with Crippen molar-refractivity contribution in [2.75, 3.05) is 80.4 Å². The van der Waals surface area contributed by atoms with Crippen molar-refractivity contribution in [3.05, 3.63) is 12.3 Å². The Balaban J connectivity index is 1.49. The molecular formula is C20H28N8O2. The van der Waals surface area contributed by atoms with Crippen LogP contribution < -0.4 is 14.7 Å². The Kier molecular flexibility index (Phi) is 5.85. The van der Waals surface area contributed by atoms with E-state index in [1.807, 2.05) is 6.07 Å². The molecule has 10 heteroatoms. The smallest absolute Gasteiger partial charge is 0.230 e. The molecule has 0 spiro atoms. The van der Waals surface area contributed by atoms with Gasteiger partial charge in [-0.2, -0.15) is 15.0 Å². The van der Waals surface area contributed by atoms with Gasteiger partial charge in [0.2, 0.25) is 17.8 Å². The molecular weight excluding hydrogens is 384 g/mol. The number of rotatable bonds is 4. The SMILES string of the molecule is c1cc(-c2nc(N3CCOCC3)nc(N3CCOCC3)n2)nc(N2CCCCC2)n1. The summed E-state index contributed by atoms with van der Waals surface area (Å²) in [6.07, 6.45) is 5.44. The Bertz CT molecular complexity index is 812. The van der Waals surface area contributed by atoms with Crippen LogP contribution in [0.1, 0.15) is 19.3 Å². The van der Waals surface area contributed by atoms with E-state index in [0.717, 1.165) is 50.9 Å². The fraction of sp³-hybridized carbons (Fsp3) is 0.650. The average Bonchev–Trinajstić information content (AvgIpc) is 2.85. The molecule has 0 atom stereocenters. The lowest BCUT2D eigenvalue weighted by molar-refractivity contribution is 0.121. The standard InChI is InChI=1S/C20H28N8O2/c1-2-6-26(7-3-1)18-21-5-4-16(22-18)17-23-19(27-8-12-29-13-9-27)25-20(24-17)28-10-14-30-15-11-28/h4-5H,1-3,6-15H2. The van der Waals surface area contributed by atoms with Crippen LogP contribution in [0.4, 0.5) is 17.8 Å². The molecule has 3 aliphatic heterocycles. The van der Waals surface area contributed by atoms with Gasteiger partial charge in [0.05, 0.1) is 26.4 Å². The van der Waals surface area contributed by atoms with Gasteiger partial charge in [-0.1, -0.05) is 0 Å². The van der Waals surface area contributed by atoms with E-state index in [9.17, 15) is 0 Å². The summed E-state index contributed by atoms with van der Waals surface area (Å²) in [7, 11) is 0. The molecule has 5 heterocycles. The van der Waals surface area contributed by atoms with E-state index in [2.05, 4.69) is 19.7 Å². The summed E-state index contributed by atoms with van der Waals surface area (Å²) in [5.41, 5.74) is 0.733. The molecule has 5 rings (SSSR count). The average molecular weight is 412 g/mol. The molecule has 0 bridgehead atoms. The number of morpholine rings is 2.